The van der Waals surface area contributed by atoms with E-state index in [2.05, 4.69) is 26.1 Å². The van der Waals surface area contributed by atoms with Gasteiger partial charge < -0.3 is 11.1 Å². The first kappa shape index (κ1) is 14.7. The third-order valence-electron chi connectivity index (χ3n) is 3.60. The Morgan fingerprint density at radius 3 is 2.56 bits per heavy atom. The molecule has 0 aromatic heterocycles. The molecule has 100 valence electrons. The molecule has 0 aliphatic heterocycles. The van der Waals surface area contributed by atoms with Gasteiger partial charge in [0.1, 0.15) is 0 Å². The minimum absolute atomic E-state index is 0.0000661. The van der Waals surface area contributed by atoms with Crippen LogP contribution in [0.15, 0.2) is 24.3 Å². The second kappa shape index (κ2) is 6.55. The highest BCUT2D eigenvalue weighted by atomic mass is 16.1. The van der Waals surface area contributed by atoms with E-state index in [1.807, 2.05) is 24.3 Å². The first-order valence-corrected chi connectivity index (χ1v) is 6.66. The molecule has 0 radical (unpaired) electrons. The van der Waals surface area contributed by atoms with Gasteiger partial charge in [-0.25, -0.2) is 0 Å². The lowest BCUT2D eigenvalue weighted by molar-refractivity contribution is 0.0901. The fourth-order valence-corrected chi connectivity index (χ4v) is 1.81. The van der Waals surface area contributed by atoms with Crippen LogP contribution in [0.1, 0.15) is 49.5 Å². The fraction of sp³-hybridized carbons (Fsp3) is 0.533. The Morgan fingerprint density at radius 1 is 1.33 bits per heavy atom. The van der Waals surface area contributed by atoms with Crippen LogP contribution in [0.5, 0.6) is 0 Å². The molecule has 18 heavy (non-hydrogen) atoms. The smallest absolute Gasteiger partial charge is 0.251 e. The minimum atomic E-state index is -0.124. The number of nitrogens with two attached hydrogens (primary N) is 1. The zero-order chi connectivity index (χ0) is 13.6. The summed E-state index contributed by atoms with van der Waals surface area (Å²) in [5, 5.41) is 3.11. The Labute approximate surface area is 110 Å². The molecule has 1 amide bonds. The monoisotopic (exact) mass is 248 g/mol. The SMILES string of the molecule is CCC(C)(CC)NC(=O)c1cccc(CCN)c1. The van der Waals surface area contributed by atoms with E-state index in [1.54, 1.807) is 0 Å². The largest absolute Gasteiger partial charge is 0.347 e. The van der Waals surface area contributed by atoms with E-state index < -0.39 is 0 Å². The third kappa shape index (κ3) is 3.84. The minimum Gasteiger partial charge on any atom is -0.347 e. The lowest BCUT2D eigenvalue weighted by Gasteiger charge is -2.28. The van der Waals surface area contributed by atoms with E-state index in [1.165, 1.54) is 0 Å². The molecule has 0 saturated carbocycles. The summed E-state index contributed by atoms with van der Waals surface area (Å²) in [6, 6.07) is 7.69. The summed E-state index contributed by atoms with van der Waals surface area (Å²) in [6.45, 7) is 6.87. The highest BCUT2D eigenvalue weighted by Gasteiger charge is 2.22. The lowest BCUT2D eigenvalue weighted by atomic mass is 9.95. The Kier molecular flexibility index (Phi) is 5.35. The molecule has 0 aliphatic rings. The number of amides is 1. The van der Waals surface area contributed by atoms with Gasteiger partial charge in [-0.2, -0.15) is 0 Å². The number of hydrogen-bond acceptors (Lipinski definition) is 2. The summed E-state index contributed by atoms with van der Waals surface area (Å²) in [5.74, 6) is 0.0000661. The molecular formula is C15H24N2O. The van der Waals surface area contributed by atoms with Crippen molar-refractivity contribution >= 4 is 5.91 Å². The third-order valence-corrected chi connectivity index (χ3v) is 3.60. The molecule has 3 heteroatoms. The van der Waals surface area contributed by atoms with Crippen LogP contribution in [0.2, 0.25) is 0 Å². The fourth-order valence-electron chi connectivity index (χ4n) is 1.81. The molecule has 3 N–H and O–H groups in total. The Balaban J connectivity index is 2.81. The summed E-state index contributed by atoms with van der Waals surface area (Å²) < 4.78 is 0. The molecule has 0 unspecified atom stereocenters. The maximum atomic E-state index is 12.2. The van der Waals surface area contributed by atoms with Gasteiger partial charge in [-0.15, -0.1) is 0 Å². The van der Waals surface area contributed by atoms with Crippen LogP contribution >= 0.6 is 0 Å². The van der Waals surface area contributed by atoms with Crippen molar-refractivity contribution in [3.63, 3.8) is 0 Å². The van der Waals surface area contributed by atoms with Gasteiger partial charge in [0.25, 0.3) is 5.91 Å². The second-order valence-electron chi connectivity index (χ2n) is 4.96. The molecule has 0 bridgehead atoms. The molecule has 1 rings (SSSR count). The summed E-state index contributed by atoms with van der Waals surface area (Å²) in [4.78, 5) is 12.2. The van der Waals surface area contributed by atoms with Gasteiger partial charge in [0.2, 0.25) is 0 Å². The quantitative estimate of drug-likeness (QED) is 0.812. The topological polar surface area (TPSA) is 55.1 Å². The van der Waals surface area contributed by atoms with Gasteiger partial charge >= 0.3 is 0 Å². The van der Waals surface area contributed by atoms with Gasteiger partial charge in [-0.1, -0.05) is 26.0 Å². The predicted molar refractivity (Wildman–Crippen MR) is 75.7 cm³/mol. The van der Waals surface area contributed by atoms with E-state index in [4.69, 9.17) is 5.73 Å². The first-order valence-electron chi connectivity index (χ1n) is 6.66. The van der Waals surface area contributed by atoms with Crippen molar-refractivity contribution in [3.8, 4) is 0 Å². The van der Waals surface area contributed by atoms with Crippen molar-refractivity contribution in [2.45, 2.75) is 45.6 Å². The van der Waals surface area contributed by atoms with Crippen LogP contribution in [0.3, 0.4) is 0 Å². The lowest BCUT2D eigenvalue weighted by Crippen LogP contribution is -2.44. The van der Waals surface area contributed by atoms with Crippen molar-refractivity contribution in [2.75, 3.05) is 6.54 Å². The molecule has 0 heterocycles. The van der Waals surface area contributed by atoms with Gasteiger partial charge in [-0.3, -0.25) is 4.79 Å². The molecule has 0 saturated heterocycles. The number of nitrogens with one attached hydrogen (secondary N) is 1. The first-order chi connectivity index (χ1) is 8.54. The van der Waals surface area contributed by atoms with Crippen LogP contribution in [-0.4, -0.2) is 18.0 Å². The normalized spacial score (nSPS) is 11.3. The molecule has 0 aliphatic carbocycles. The van der Waals surface area contributed by atoms with Crippen molar-refractivity contribution in [1.29, 1.82) is 0 Å². The number of benzene rings is 1. The molecular weight excluding hydrogens is 224 g/mol. The summed E-state index contributed by atoms with van der Waals surface area (Å²) in [7, 11) is 0. The average molecular weight is 248 g/mol. The van der Waals surface area contributed by atoms with Crippen molar-refractivity contribution in [3.05, 3.63) is 35.4 Å². The molecule has 0 spiro atoms. The molecule has 0 atom stereocenters. The van der Waals surface area contributed by atoms with Crippen LogP contribution in [0, 0.1) is 0 Å². The van der Waals surface area contributed by atoms with Crippen LogP contribution in [0.25, 0.3) is 0 Å². The van der Waals surface area contributed by atoms with Crippen molar-refractivity contribution in [2.24, 2.45) is 5.73 Å². The van der Waals surface area contributed by atoms with Crippen molar-refractivity contribution < 1.29 is 4.79 Å². The molecule has 3 nitrogen and oxygen atoms in total. The van der Waals surface area contributed by atoms with Crippen LogP contribution in [-0.2, 0) is 6.42 Å². The van der Waals surface area contributed by atoms with E-state index in [0.29, 0.717) is 12.1 Å². The highest BCUT2D eigenvalue weighted by Crippen LogP contribution is 2.15. The van der Waals surface area contributed by atoms with E-state index in [0.717, 1.165) is 24.8 Å². The maximum Gasteiger partial charge on any atom is 0.251 e. The van der Waals surface area contributed by atoms with E-state index in [9.17, 15) is 4.79 Å². The number of rotatable bonds is 6. The molecule has 1 aromatic carbocycles. The van der Waals surface area contributed by atoms with Crippen molar-refractivity contribution in [1.82, 2.24) is 5.32 Å². The number of carbonyl (C=O) groups excluding carboxylic acids is 1. The van der Waals surface area contributed by atoms with E-state index in [-0.39, 0.29) is 11.4 Å². The van der Waals surface area contributed by atoms with Crippen LogP contribution in [0.4, 0.5) is 0 Å². The number of hydrogen-bond donors (Lipinski definition) is 2. The zero-order valence-corrected chi connectivity index (χ0v) is 11.6. The number of carbonyl (C=O) groups is 1. The van der Waals surface area contributed by atoms with Gasteiger partial charge in [0, 0.05) is 11.1 Å². The summed E-state index contributed by atoms with van der Waals surface area (Å²) >= 11 is 0. The summed E-state index contributed by atoms with van der Waals surface area (Å²) in [6.07, 6.45) is 2.66. The van der Waals surface area contributed by atoms with Gasteiger partial charge in [0.05, 0.1) is 0 Å². The van der Waals surface area contributed by atoms with E-state index >= 15 is 0 Å². The Morgan fingerprint density at radius 2 is 2.00 bits per heavy atom. The van der Waals surface area contributed by atoms with Crippen LogP contribution < -0.4 is 11.1 Å². The second-order valence-corrected chi connectivity index (χ2v) is 4.96. The average Bonchev–Trinajstić information content (AvgIpc) is 2.39. The molecule has 1 aromatic rings. The zero-order valence-electron chi connectivity index (χ0n) is 11.6. The standard InChI is InChI=1S/C15H24N2O/c1-4-15(3,5-2)17-14(18)13-8-6-7-12(11-13)9-10-16/h6-8,11H,4-5,9-10,16H2,1-3H3,(H,17,18). The maximum absolute atomic E-state index is 12.2. The predicted octanol–water partition coefficient (Wildman–Crippen LogP) is 2.50. The molecule has 0 fully saturated rings. The Bertz CT molecular complexity index is 397. The van der Waals surface area contributed by atoms with Gasteiger partial charge in [0.15, 0.2) is 0 Å². The summed E-state index contributed by atoms with van der Waals surface area (Å²) in [5.41, 5.74) is 7.23. The highest BCUT2D eigenvalue weighted by molar-refractivity contribution is 5.94. The van der Waals surface area contributed by atoms with Gasteiger partial charge in [-0.05, 0) is 50.4 Å². The Hall–Kier alpha value is -1.35.